The summed E-state index contributed by atoms with van der Waals surface area (Å²) in [5.41, 5.74) is 6.82. The minimum absolute atomic E-state index is 0.105. The molecule has 0 unspecified atom stereocenters. The molecule has 3 N–H and O–H groups in total. The van der Waals surface area contributed by atoms with Gasteiger partial charge in [0.15, 0.2) is 0 Å². The average molecular weight is 337 g/mol. The number of hydrogen-bond donors (Lipinski definition) is 2. The Morgan fingerprint density at radius 3 is 2.65 bits per heavy atom. The van der Waals surface area contributed by atoms with Crippen LogP contribution in [-0.4, -0.2) is 5.84 Å². The molecule has 2 aromatic carbocycles. The summed E-state index contributed by atoms with van der Waals surface area (Å²) in [5, 5.41) is 7.30. The number of nitrogens with one attached hydrogen (secondary N) is 1. The summed E-state index contributed by atoms with van der Waals surface area (Å²) in [6.07, 6.45) is 0. The molecule has 0 radical (unpaired) electrons. The second-order valence-corrected chi connectivity index (χ2v) is 5.23. The number of benzene rings is 2. The smallest absolute Gasteiger partial charge is 0.139 e. The molecule has 104 valence electrons. The Morgan fingerprint density at radius 1 is 1.20 bits per heavy atom. The third-order valence-corrected chi connectivity index (χ3v) is 3.28. The SMILES string of the molecule is N=C(N)c1cccc(COCc2cccc(Br)c2)c1F. The van der Waals surface area contributed by atoms with Gasteiger partial charge in [0.2, 0.25) is 0 Å². The van der Waals surface area contributed by atoms with Gasteiger partial charge in [-0.3, -0.25) is 5.41 Å². The molecule has 2 rings (SSSR count). The Labute approximate surface area is 125 Å². The fraction of sp³-hybridized carbons (Fsp3) is 0.133. The van der Waals surface area contributed by atoms with E-state index in [1.54, 1.807) is 12.1 Å². The highest BCUT2D eigenvalue weighted by Gasteiger charge is 2.10. The number of halogens is 2. The molecule has 0 aliphatic carbocycles. The molecule has 0 aliphatic heterocycles. The molecule has 2 aromatic rings. The molecule has 0 aliphatic rings. The average Bonchev–Trinajstić information content (AvgIpc) is 2.40. The fourth-order valence-electron chi connectivity index (χ4n) is 1.80. The lowest BCUT2D eigenvalue weighted by Gasteiger charge is -2.08. The summed E-state index contributed by atoms with van der Waals surface area (Å²) in [5.74, 6) is -0.773. The normalized spacial score (nSPS) is 10.5. The van der Waals surface area contributed by atoms with Gasteiger partial charge in [0, 0.05) is 10.0 Å². The second-order valence-electron chi connectivity index (χ2n) is 4.32. The molecule has 0 heterocycles. The van der Waals surface area contributed by atoms with E-state index in [2.05, 4.69) is 15.9 Å². The van der Waals surface area contributed by atoms with Crippen LogP contribution in [0, 0.1) is 11.2 Å². The van der Waals surface area contributed by atoms with Crippen molar-refractivity contribution in [1.82, 2.24) is 0 Å². The van der Waals surface area contributed by atoms with Gasteiger partial charge in [-0.05, 0) is 23.8 Å². The van der Waals surface area contributed by atoms with Crippen molar-refractivity contribution >= 4 is 21.8 Å². The molecule has 0 atom stereocenters. The van der Waals surface area contributed by atoms with Gasteiger partial charge in [-0.2, -0.15) is 0 Å². The summed E-state index contributed by atoms with van der Waals surface area (Å²) < 4.78 is 20.5. The highest BCUT2D eigenvalue weighted by Crippen LogP contribution is 2.16. The van der Waals surface area contributed by atoms with Crippen molar-refractivity contribution in [2.75, 3.05) is 0 Å². The largest absolute Gasteiger partial charge is 0.384 e. The maximum atomic E-state index is 14.0. The Morgan fingerprint density at radius 2 is 1.95 bits per heavy atom. The van der Waals surface area contributed by atoms with Crippen LogP contribution >= 0.6 is 15.9 Å². The van der Waals surface area contributed by atoms with E-state index >= 15 is 0 Å². The lowest BCUT2D eigenvalue weighted by molar-refractivity contribution is 0.105. The van der Waals surface area contributed by atoms with E-state index in [4.69, 9.17) is 15.9 Å². The lowest BCUT2D eigenvalue weighted by Crippen LogP contribution is -2.14. The lowest BCUT2D eigenvalue weighted by atomic mass is 10.1. The van der Waals surface area contributed by atoms with Crippen molar-refractivity contribution in [3.05, 3.63) is 69.4 Å². The fourth-order valence-corrected chi connectivity index (χ4v) is 2.25. The van der Waals surface area contributed by atoms with Crippen molar-refractivity contribution in [3.8, 4) is 0 Å². The van der Waals surface area contributed by atoms with Crippen LogP contribution in [0.5, 0.6) is 0 Å². The minimum atomic E-state index is -0.491. The summed E-state index contributed by atoms with van der Waals surface area (Å²) >= 11 is 3.38. The predicted molar refractivity (Wildman–Crippen MR) is 80.1 cm³/mol. The highest BCUT2D eigenvalue weighted by molar-refractivity contribution is 9.10. The van der Waals surface area contributed by atoms with Gasteiger partial charge in [0.05, 0.1) is 18.8 Å². The van der Waals surface area contributed by atoms with E-state index in [1.165, 1.54) is 6.07 Å². The van der Waals surface area contributed by atoms with Gasteiger partial charge in [-0.25, -0.2) is 4.39 Å². The Kier molecular flexibility index (Phi) is 4.87. The Bertz CT molecular complexity index is 631. The van der Waals surface area contributed by atoms with E-state index in [1.807, 2.05) is 24.3 Å². The molecule has 0 saturated heterocycles. The third-order valence-electron chi connectivity index (χ3n) is 2.78. The van der Waals surface area contributed by atoms with Crippen LogP contribution in [0.25, 0.3) is 0 Å². The molecule has 20 heavy (non-hydrogen) atoms. The van der Waals surface area contributed by atoms with Crippen molar-refractivity contribution in [3.63, 3.8) is 0 Å². The van der Waals surface area contributed by atoms with E-state index in [9.17, 15) is 4.39 Å². The number of hydrogen-bond acceptors (Lipinski definition) is 2. The van der Waals surface area contributed by atoms with E-state index in [0.717, 1.165) is 10.0 Å². The van der Waals surface area contributed by atoms with Gasteiger partial charge in [0.25, 0.3) is 0 Å². The molecular weight excluding hydrogens is 323 g/mol. The first-order valence-electron chi connectivity index (χ1n) is 6.02. The number of ether oxygens (including phenoxy) is 1. The van der Waals surface area contributed by atoms with Crippen molar-refractivity contribution in [1.29, 1.82) is 5.41 Å². The molecule has 0 spiro atoms. The number of amidine groups is 1. The molecular formula is C15H14BrFN2O. The molecule has 0 saturated carbocycles. The maximum Gasteiger partial charge on any atom is 0.139 e. The third kappa shape index (κ3) is 3.65. The molecule has 0 bridgehead atoms. The first-order chi connectivity index (χ1) is 9.58. The van der Waals surface area contributed by atoms with Gasteiger partial charge < -0.3 is 10.5 Å². The zero-order valence-electron chi connectivity index (χ0n) is 10.7. The van der Waals surface area contributed by atoms with Gasteiger partial charge >= 0.3 is 0 Å². The van der Waals surface area contributed by atoms with Crippen molar-refractivity contribution < 1.29 is 9.13 Å². The Hall–Kier alpha value is -1.72. The minimum Gasteiger partial charge on any atom is -0.384 e. The van der Waals surface area contributed by atoms with E-state index < -0.39 is 5.82 Å². The van der Waals surface area contributed by atoms with Crippen LogP contribution in [0.15, 0.2) is 46.9 Å². The van der Waals surface area contributed by atoms with Crippen LogP contribution in [0.1, 0.15) is 16.7 Å². The first kappa shape index (κ1) is 14.7. The summed E-state index contributed by atoms with van der Waals surface area (Å²) in [4.78, 5) is 0. The first-order valence-corrected chi connectivity index (χ1v) is 6.81. The van der Waals surface area contributed by atoms with Crippen molar-refractivity contribution in [2.24, 2.45) is 5.73 Å². The van der Waals surface area contributed by atoms with Crippen molar-refractivity contribution in [2.45, 2.75) is 13.2 Å². The molecule has 0 aromatic heterocycles. The molecule has 3 nitrogen and oxygen atoms in total. The number of rotatable bonds is 5. The second kappa shape index (κ2) is 6.63. The van der Waals surface area contributed by atoms with Gasteiger partial charge in [0.1, 0.15) is 11.7 Å². The van der Waals surface area contributed by atoms with Gasteiger partial charge in [-0.15, -0.1) is 0 Å². The predicted octanol–water partition coefficient (Wildman–Crippen LogP) is 3.59. The van der Waals surface area contributed by atoms with Crippen LogP contribution in [0.2, 0.25) is 0 Å². The van der Waals surface area contributed by atoms with Crippen LogP contribution in [-0.2, 0) is 18.0 Å². The van der Waals surface area contributed by atoms with Gasteiger partial charge in [-0.1, -0.05) is 40.2 Å². The van der Waals surface area contributed by atoms with E-state index in [-0.39, 0.29) is 18.0 Å². The van der Waals surface area contributed by atoms with Crippen LogP contribution in [0.4, 0.5) is 4.39 Å². The van der Waals surface area contributed by atoms with E-state index in [0.29, 0.717) is 12.2 Å². The highest BCUT2D eigenvalue weighted by atomic mass is 79.9. The molecule has 0 amide bonds. The monoisotopic (exact) mass is 336 g/mol. The quantitative estimate of drug-likeness (QED) is 0.647. The summed E-state index contributed by atoms with van der Waals surface area (Å²) in [6.45, 7) is 0.530. The van der Waals surface area contributed by atoms with Crippen LogP contribution < -0.4 is 5.73 Å². The zero-order chi connectivity index (χ0) is 14.5. The number of nitrogen functional groups attached to an aromatic ring is 1. The summed E-state index contributed by atoms with van der Waals surface area (Å²) in [6, 6.07) is 12.5. The summed E-state index contributed by atoms with van der Waals surface area (Å²) in [7, 11) is 0. The zero-order valence-corrected chi connectivity index (χ0v) is 12.3. The Balaban J connectivity index is 2.01. The maximum absolute atomic E-state index is 14.0. The standard InChI is InChI=1S/C15H14BrFN2O/c16-12-5-1-3-10(7-12)8-20-9-11-4-2-6-13(14(11)17)15(18)19/h1-7H,8-9H2,(H3,18,19). The van der Waals surface area contributed by atoms with Crippen LogP contribution in [0.3, 0.4) is 0 Å². The topological polar surface area (TPSA) is 59.1 Å². The molecule has 0 fully saturated rings. The number of nitrogens with two attached hydrogens (primary N) is 1. The molecule has 5 heteroatoms.